The summed E-state index contributed by atoms with van der Waals surface area (Å²) in [7, 11) is -4.10. The van der Waals surface area contributed by atoms with Crippen LogP contribution in [-0.4, -0.2) is 56.1 Å². The van der Waals surface area contributed by atoms with Crippen molar-refractivity contribution in [1.82, 2.24) is 34.4 Å². The molecule has 0 aliphatic heterocycles. The number of amides is 1. The monoisotopic (exact) mass is 932 g/mol. The molecule has 1 amide bonds. The summed E-state index contributed by atoms with van der Waals surface area (Å²) < 4.78 is 146. The van der Waals surface area contributed by atoms with Crippen LogP contribution in [0.25, 0.3) is 27.5 Å². The Labute approximate surface area is 340 Å². The van der Waals surface area contributed by atoms with Crippen molar-refractivity contribution in [3.05, 3.63) is 108 Å². The fourth-order valence-electron chi connectivity index (χ4n) is 7.72. The van der Waals surface area contributed by atoms with Gasteiger partial charge in [0.25, 0.3) is 24.3 Å². The zero-order chi connectivity index (χ0) is 42.5. The van der Waals surface area contributed by atoms with E-state index in [0.717, 1.165) is 23.0 Å². The molecule has 2 aliphatic rings. The molecular weight excluding hydrogens is 908 g/mol. The molecule has 2 aliphatic carbocycles. The first-order valence-corrected chi connectivity index (χ1v) is 20.5. The van der Waals surface area contributed by atoms with Crippen LogP contribution in [0.4, 0.5) is 40.9 Å². The summed E-state index contributed by atoms with van der Waals surface area (Å²) in [6.07, 6.45) is -6.14. The lowest BCUT2D eigenvalue weighted by molar-refractivity contribution is -0.123. The number of hydrogen-bond acceptors (Lipinski definition) is 7. The van der Waals surface area contributed by atoms with E-state index in [-0.39, 0.29) is 50.1 Å². The predicted octanol–water partition coefficient (Wildman–Crippen LogP) is 7.51. The Bertz CT molecular complexity index is 2890. The first-order chi connectivity index (χ1) is 27.7. The largest absolute Gasteiger partial charge is 0.344 e. The van der Waals surface area contributed by atoms with Crippen LogP contribution in [0.3, 0.4) is 0 Å². The number of anilines is 1. The molecule has 1 saturated carbocycles. The molecule has 12 nitrogen and oxygen atoms in total. The molecule has 0 radical (unpaired) electrons. The van der Waals surface area contributed by atoms with E-state index in [1.165, 1.54) is 30.3 Å². The number of carbonyl (C=O) groups excluding carboxylic acids is 1. The van der Waals surface area contributed by atoms with Crippen LogP contribution in [-0.2, 0) is 40.3 Å². The average molecular weight is 934 g/mol. The normalized spacial score (nSPS) is 17.5. The third-order valence-electron chi connectivity index (χ3n) is 9.98. The van der Waals surface area contributed by atoms with E-state index in [1.54, 1.807) is 0 Å². The van der Waals surface area contributed by atoms with E-state index in [1.807, 2.05) is 0 Å². The number of alkyl halides is 6. The number of aromatic nitrogens is 6. The molecule has 6 aromatic rings. The second kappa shape index (κ2) is 14.6. The molecular formula is C36H26BrClF8N8O4S. The highest BCUT2D eigenvalue weighted by molar-refractivity contribution is 9.10. The molecule has 0 unspecified atom stereocenters. The zero-order valence-corrected chi connectivity index (χ0v) is 33.0. The van der Waals surface area contributed by atoms with Crippen molar-refractivity contribution in [2.24, 2.45) is 5.92 Å². The van der Waals surface area contributed by atoms with Crippen molar-refractivity contribution in [2.45, 2.75) is 56.7 Å². The van der Waals surface area contributed by atoms with E-state index in [2.05, 4.69) is 41.2 Å². The third kappa shape index (κ3) is 7.42. The number of sulfonamides is 1. The van der Waals surface area contributed by atoms with Crippen LogP contribution in [0, 0.1) is 17.6 Å². The molecule has 3 aromatic heterocycles. The van der Waals surface area contributed by atoms with Crippen molar-refractivity contribution in [1.29, 1.82) is 0 Å². The first-order valence-electron chi connectivity index (χ1n) is 17.4. The van der Waals surface area contributed by atoms with Gasteiger partial charge in [-0.2, -0.15) is 19.0 Å². The van der Waals surface area contributed by atoms with Gasteiger partial charge in [0.15, 0.2) is 5.82 Å². The smallest absolute Gasteiger partial charge is 0.293 e. The SMILES string of the molecule is CS(=O)(=O)Nc1nn(CC(F)F)c2c(-n3c([C@H](Cc4cc(F)cc(F)c4)NC(=O)Cn4nc(C(F)F)c5c4C(F)(F)[C@@H]4C[C@H]54)nc4cc(Br)ccc4c3=O)ccc(Cl)c12. The van der Waals surface area contributed by atoms with Gasteiger partial charge in [0.1, 0.15) is 41.9 Å². The van der Waals surface area contributed by atoms with Crippen molar-refractivity contribution in [3.8, 4) is 5.69 Å². The molecule has 3 aromatic carbocycles. The van der Waals surface area contributed by atoms with E-state index in [9.17, 15) is 44.3 Å². The molecule has 0 spiro atoms. The summed E-state index contributed by atoms with van der Waals surface area (Å²) in [5.41, 5.74) is -3.65. The van der Waals surface area contributed by atoms with Crippen LogP contribution in [0.2, 0.25) is 5.02 Å². The minimum Gasteiger partial charge on any atom is -0.344 e. The second-order valence-electron chi connectivity index (χ2n) is 14.1. The van der Waals surface area contributed by atoms with Crippen LogP contribution in [0.1, 0.15) is 53.1 Å². The second-order valence-corrected chi connectivity index (χ2v) is 17.2. The van der Waals surface area contributed by atoms with Crippen LogP contribution in [0.15, 0.2) is 57.8 Å². The summed E-state index contributed by atoms with van der Waals surface area (Å²) >= 11 is 9.81. The number of nitrogens with one attached hydrogen (secondary N) is 2. The van der Waals surface area contributed by atoms with Gasteiger partial charge >= 0.3 is 0 Å². The number of benzene rings is 3. The van der Waals surface area contributed by atoms with Crippen LogP contribution >= 0.6 is 27.5 Å². The standard InChI is InChI=1S/C36H26BrClF8N8O4S/c1-59(57,58)51-33-28-21(38)4-5-24(30(28)52(50-33)12-25(41)42)54-34(48-22-9-15(37)2-3-18(22)35(54)56)23(8-14-6-16(39)10-17(40)7-14)47-26(55)13-53-31-27(29(49-53)32(43)44)19-11-20(19)36(31,45)46/h2-7,9-10,19-20,23,25,32H,8,11-13H2,1H3,(H,47,55)(H,50,51)/t19-,20+,23-/m0/s1. The van der Waals surface area contributed by atoms with Gasteiger partial charge in [0.2, 0.25) is 15.9 Å². The summed E-state index contributed by atoms with van der Waals surface area (Å²) in [5.74, 6) is -9.78. The Hall–Kier alpha value is -5.09. The van der Waals surface area contributed by atoms with Crippen LogP contribution < -0.4 is 15.6 Å². The topological polar surface area (TPSA) is 146 Å². The number of halogens is 10. The molecule has 310 valence electrons. The lowest BCUT2D eigenvalue weighted by Gasteiger charge is -2.24. The lowest BCUT2D eigenvalue weighted by Crippen LogP contribution is -2.38. The molecule has 3 heterocycles. The Morgan fingerprint density at radius 1 is 1.03 bits per heavy atom. The quantitative estimate of drug-likeness (QED) is 0.121. The highest BCUT2D eigenvalue weighted by Gasteiger charge is 2.67. The average Bonchev–Trinajstić information content (AvgIpc) is 3.65. The van der Waals surface area contributed by atoms with Gasteiger partial charge in [0, 0.05) is 28.4 Å². The minimum absolute atomic E-state index is 0.00337. The number of hydrogen-bond donors (Lipinski definition) is 2. The number of nitrogens with zero attached hydrogens (tertiary/aromatic N) is 6. The Kier molecular flexibility index (Phi) is 10.0. The number of rotatable bonds is 12. The summed E-state index contributed by atoms with van der Waals surface area (Å²) in [6.45, 7) is -2.19. The maximum absolute atomic E-state index is 15.4. The maximum Gasteiger partial charge on any atom is 0.293 e. The van der Waals surface area contributed by atoms with Gasteiger partial charge in [-0.15, -0.1) is 0 Å². The number of fused-ring (bicyclic) bond motifs is 5. The van der Waals surface area contributed by atoms with Gasteiger partial charge in [-0.1, -0.05) is 27.5 Å². The van der Waals surface area contributed by atoms with Gasteiger partial charge in [-0.3, -0.25) is 28.2 Å². The van der Waals surface area contributed by atoms with Gasteiger partial charge in [-0.25, -0.2) is 39.7 Å². The lowest BCUT2D eigenvalue weighted by atomic mass is 10.0. The van der Waals surface area contributed by atoms with E-state index >= 15 is 8.78 Å². The minimum atomic E-state index is -4.10. The first kappa shape index (κ1) is 40.7. The van der Waals surface area contributed by atoms with E-state index < -0.39 is 112 Å². The molecule has 3 atom stereocenters. The zero-order valence-electron chi connectivity index (χ0n) is 29.8. The fraction of sp³-hybridized carbons (Fsp3) is 0.306. The molecule has 1 fully saturated rings. The molecule has 2 N–H and O–H groups in total. The summed E-state index contributed by atoms with van der Waals surface area (Å²) in [4.78, 5) is 33.3. The molecule has 0 bridgehead atoms. The Morgan fingerprint density at radius 3 is 2.41 bits per heavy atom. The molecule has 23 heteroatoms. The maximum atomic E-state index is 15.4. The number of carbonyl (C=O) groups is 1. The van der Waals surface area contributed by atoms with E-state index in [0.29, 0.717) is 19.9 Å². The third-order valence-corrected chi connectivity index (χ3v) is 11.4. The molecule has 0 saturated heterocycles. The summed E-state index contributed by atoms with van der Waals surface area (Å²) in [5, 5.41) is 9.77. The van der Waals surface area contributed by atoms with Gasteiger partial charge < -0.3 is 5.32 Å². The fourth-order valence-corrected chi connectivity index (χ4v) is 8.81. The van der Waals surface area contributed by atoms with Gasteiger partial charge in [-0.05, 0) is 60.4 Å². The predicted molar refractivity (Wildman–Crippen MR) is 201 cm³/mol. The van der Waals surface area contributed by atoms with Crippen LogP contribution in [0.5, 0.6) is 0 Å². The highest BCUT2D eigenvalue weighted by Crippen LogP contribution is 2.68. The van der Waals surface area contributed by atoms with Crippen molar-refractivity contribution >= 4 is 71.1 Å². The summed E-state index contributed by atoms with van der Waals surface area (Å²) in [6, 6.07) is 7.46. The van der Waals surface area contributed by atoms with Crippen molar-refractivity contribution in [3.63, 3.8) is 0 Å². The molecule has 59 heavy (non-hydrogen) atoms. The molecule has 8 rings (SSSR count). The van der Waals surface area contributed by atoms with Crippen molar-refractivity contribution < 1.29 is 48.3 Å². The van der Waals surface area contributed by atoms with E-state index in [4.69, 9.17) is 11.6 Å². The highest BCUT2D eigenvalue weighted by atomic mass is 79.9. The Morgan fingerprint density at radius 2 is 1.75 bits per heavy atom. The van der Waals surface area contributed by atoms with Gasteiger partial charge in [0.05, 0.1) is 44.8 Å². The Balaban J connectivity index is 1.34. The van der Waals surface area contributed by atoms with Crippen molar-refractivity contribution in [2.75, 3.05) is 11.0 Å².